The molecule has 0 aromatic heterocycles. The third-order valence-electron chi connectivity index (χ3n) is 2.25. The van der Waals surface area contributed by atoms with Gasteiger partial charge in [-0.05, 0) is 23.8 Å². The molecule has 0 heterocycles. The molecule has 0 aliphatic rings. The Labute approximate surface area is 185 Å². The van der Waals surface area contributed by atoms with Crippen LogP contribution in [0.5, 0.6) is 5.75 Å². The van der Waals surface area contributed by atoms with E-state index in [1.54, 1.807) is 18.2 Å². The molecule has 0 aliphatic carbocycles. The maximum absolute atomic E-state index is 9.65. The third-order valence-corrected chi connectivity index (χ3v) is 2.25. The number of hydrogen-bond donors (Lipinski definition) is 1. The van der Waals surface area contributed by atoms with Crippen molar-refractivity contribution in [1.82, 2.24) is 0 Å². The van der Waals surface area contributed by atoms with E-state index in [0.29, 0.717) is 5.75 Å². The molecule has 0 radical (unpaired) electrons. The summed E-state index contributed by atoms with van der Waals surface area (Å²) in [7, 11) is -5.17. The molecule has 1 N–H and O–H groups in total. The first-order valence-corrected chi connectivity index (χ1v) is 7.47. The molecule has 0 amide bonds. The molecular formula is C15H14Na2O6S. The predicted octanol–water partition coefficient (Wildman–Crippen LogP) is -4.23. The summed E-state index contributed by atoms with van der Waals surface area (Å²) in [6.45, 7) is 0. The fraction of sp³-hybridized carbons (Fsp3) is 0.0667. The smallest absolute Gasteiger partial charge is 0.759 e. The summed E-state index contributed by atoms with van der Waals surface area (Å²) in [5, 5.41) is 9.65. The van der Waals surface area contributed by atoms with Crippen LogP contribution in [0.3, 0.4) is 0 Å². The van der Waals surface area contributed by atoms with Crippen molar-refractivity contribution in [2.75, 3.05) is 0 Å². The van der Waals surface area contributed by atoms with Crippen LogP contribution >= 0.6 is 0 Å². The average Bonchev–Trinajstić information content (AvgIpc) is 2.46. The van der Waals surface area contributed by atoms with Gasteiger partial charge in [0.2, 0.25) is 6.29 Å². The topological polar surface area (TPSA) is 110 Å². The van der Waals surface area contributed by atoms with E-state index in [1.165, 1.54) is 0 Å². The van der Waals surface area contributed by atoms with Crippen molar-refractivity contribution >= 4 is 16.5 Å². The molecule has 24 heavy (non-hydrogen) atoms. The van der Waals surface area contributed by atoms with Crippen molar-refractivity contribution < 1.29 is 86.5 Å². The van der Waals surface area contributed by atoms with Crippen molar-refractivity contribution in [3.05, 3.63) is 72.3 Å². The van der Waals surface area contributed by atoms with Gasteiger partial charge < -0.3 is 18.9 Å². The molecule has 0 spiro atoms. The number of rotatable bonds is 4. The number of para-hydroxylation sites is 1. The number of hydrogen-bond acceptors (Lipinski definition) is 6. The molecule has 118 valence electrons. The van der Waals surface area contributed by atoms with Gasteiger partial charge in [0, 0.05) is 10.4 Å². The Morgan fingerprint density at radius 1 is 0.917 bits per heavy atom. The van der Waals surface area contributed by atoms with Crippen LogP contribution in [0.25, 0.3) is 6.08 Å². The molecule has 1 unspecified atom stereocenters. The second-order valence-electron chi connectivity index (χ2n) is 4.00. The van der Waals surface area contributed by atoms with Crippen molar-refractivity contribution in [1.29, 1.82) is 0 Å². The second-order valence-corrected chi connectivity index (χ2v) is 4.82. The van der Waals surface area contributed by atoms with Crippen LogP contribution in [0.4, 0.5) is 0 Å². The van der Waals surface area contributed by atoms with Gasteiger partial charge in [-0.15, -0.1) is 0 Å². The Morgan fingerprint density at radius 2 is 1.33 bits per heavy atom. The van der Waals surface area contributed by atoms with Gasteiger partial charge in [0.15, 0.2) is 0 Å². The third kappa shape index (κ3) is 15.3. The summed E-state index contributed by atoms with van der Waals surface area (Å²) in [5.74, 6) is 0.651. The van der Waals surface area contributed by atoms with Crippen LogP contribution in [-0.4, -0.2) is 28.9 Å². The molecule has 0 saturated heterocycles. The molecule has 0 saturated carbocycles. The monoisotopic (exact) mass is 368 g/mol. The molecule has 2 aromatic carbocycles. The molecule has 1 atom stereocenters. The fourth-order valence-corrected chi connectivity index (χ4v) is 1.44. The van der Waals surface area contributed by atoms with E-state index in [9.17, 15) is 5.11 Å². The van der Waals surface area contributed by atoms with E-state index in [0.717, 1.165) is 5.56 Å². The molecular weight excluding hydrogens is 354 g/mol. The van der Waals surface area contributed by atoms with E-state index >= 15 is 0 Å². The Bertz CT molecular complexity index is 670. The van der Waals surface area contributed by atoms with Crippen molar-refractivity contribution in [2.45, 2.75) is 6.29 Å². The van der Waals surface area contributed by atoms with E-state index < -0.39 is 16.7 Å². The Balaban J connectivity index is 0. The SMILES string of the molecule is O=S(=O)([O-])[O-].OC(C=Cc1ccccc1)Oc1ccccc1.[Na+].[Na+]. The van der Waals surface area contributed by atoms with Gasteiger partial charge in [0.25, 0.3) is 0 Å². The maximum Gasteiger partial charge on any atom is 1.00 e. The quantitative estimate of drug-likeness (QED) is 0.254. The molecule has 0 fully saturated rings. The van der Waals surface area contributed by atoms with Crippen LogP contribution in [0.2, 0.25) is 0 Å². The summed E-state index contributed by atoms with van der Waals surface area (Å²) < 4.78 is 39.4. The van der Waals surface area contributed by atoms with E-state index in [1.807, 2.05) is 54.6 Å². The molecule has 0 bridgehead atoms. The van der Waals surface area contributed by atoms with Crippen LogP contribution in [0, 0.1) is 0 Å². The second kappa shape index (κ2) is 14.0. The number of benzene rings is 2. The average molecular weight is 368 g/mol. The summed E-state index contributed by atoms with van der Waals surface area (Å²) in [4.78, 5) is 0. The zero-order chi connectivity index (χ0) is 16.4. The van der Waals surface area contributed by atoms with E-state index in [4.69, 9.17) is 22.3 Å². The minimum Gasteiger partial charge on any atom is -0.759 e. The van der Waals surface area contributed by atoms with Gasteiger partial charge in [0.1, 0.15) is 5.75 Å². The van der Waals surface area contributed by atoms with Crippen LogP contribution < -0.4 is 63.9 Å². The number of ether oxygens (including phenoxy) is 1. The Kier molecular flexibility index (Phi) is 15.2. The first-order chi connectivity index (χ1) is 10.3. The normalized spacial score (nSPS) is 11.3. The molecule has 6 nitrogen and oxygen atoms in total. The summed E-state index contributed by atoms with van der Waals surface area (Å²) in [5.41, 5.74) is 1.03. The van der Waals surface area contributed by atoms with Gasteiger partial charge in [-0.1, -0.05) is 54.6 Å². The van der Waals surface area contributed by atoms with Gasteiger partial charge in [-0.25, -0.2) is 0 Å². The first kappa shape index (κ1) is 26.0. The maximum atomic E-state index is 9.65. The minimum absolute atomic E-state index is 0. The minimum atomic E-state index is -5.17. The largest absolute Gasteiger partial charge is 1.00 e. The Hall–Kier alpha value is -0.190. The van der Waals surface area contributed by atoms with Crippen molar-refractivity contribution in [3.8, 4) is 5.75 Å². The molecule has 2 aromatic rings. The van der Waals surface area contributed by atoms with Crippen LogP contribution in [0.1, 0.15) is 5.56 Å². The van der Waals surface area contributed by atoms with Crippen molar-refractivity contribution in [2.24, 2.45) is 0 Å². The van der Waals surface area contributed by atoms with Gasteiger partial charge in [-0.3, -0.25) is 8.42 Å². The van der Waals surface area contributed by atoms with Crippen LogP contribution in [-0.2, 0) is 10.4 Å². The first-order valence-electron chi connectivity index (χ1n) is 6.14. The summed E-state index contributed by atoms with van der Waals surface area (Å²) in [6.07, 6.45) is 2.51. The van der Waals surface area contributed by atoms with Gasteiger partial charge >= 0.3 is 59.1 Å². The predicted molar refractivity (Wildman–Crippen MR) is 79.0 cm³/mol. The molecule has 9 heteroatoms. The molecule has 2 rings (SSSR count). The number of aliphatic hydroxyl groups excluding tert-OH is 1. The standard InChI is InChI=1S/C15H14O2.2Na.H2O4S/c16-15(17-14-9-5-2-6-10-14)12-11-13-7-3-1-4-8-13;;;1-5(2,3)4/h1-12,15-16H;;;(H2,1,2,3,4)/q;2*+1;/p-2. The molecule has 0 aliphatic heterocycles. The fourth-order valence-electron chi connectivity index (χ4n) is 1.44. The van der Waals surface area contributed by atoms with Crippen molar-refractivity contribution in [3.63, 3.8) is 0 Å². The zero-order valence-electron chi connectivity index (χ0n) is 13.4. The Morgan fingerprint density at radius 3 is 1.79 bits per heavy atom. The van der Waals surface area contributed by atoms with E-state index in [-0.39, 0.29) is 59.1 Å². The summed E-state index contributed by atoms with van der Waals surface area (Å²) >= 11 is 0. The number of aliphatic hydroxyl groups is 1. The van der Waals surface area contributed by atoms with Gasteiger partial charge in [0.05, 0.1) is 0 Å². The van der Waals surface area contributed by atoms with Gasteiger partial charge in [-0.2, -0.15) is 0 Å². The zero-order valence-corrected chi connectivity index (χ0v) is 18.2. The summed E-state index contributed by atoms with van der Waals surface area (Å²) in [6, 6.07) is 19.0. The van der Waals surface area contributed by atoms with E-state index in [2.05, 4.69) is 0 Å². The van der Waals surface area contributed by atoms with Crippen LogP contribution in [0.15, 0.2) is 66.7 Å².